The van der Waals surface area contributed by atoms with E-state index in [0.717, 1.165) is 0 Å². The van der Waals surface area contributed by atoms with Gasteiger partial charge in [0, 0.05) is 6.54 Å². The Balaban J connectivity index is 1.84. The molecule has 10 nitrogen and oxygen atoms in total. The summed E-state index contributed by atoms with van der Waals surface area (Å²) in [6.45, 7) is 28.1. The number of amides is 1. The average molecular weight is 682 g/mol. The first kappa shape index (κ1) is 36.2. The number of nitrogens with zero attached hydrogens (tertiary/aromatic N) is 3. The third kappa shape index (κ3) is 6.86. The van der Waals surface area contributed by atoms with Gasteiger partial charge in [-0.1, -0.05) is 94.8 Å². The second-order valence-electron chi connectivity index (χ2n) is 15.6. The van der Waals surface area contributed by atoms with Crippen LogP contribution in [0.2, 0.25) is 41.8 Å². The third-order valence-corrected chi connectivity index (χ3v) is 20.1. The lowest BCUT2D eigenvalue weighted by Crippen LogP contribution is -2.68. The summed E-state index contributed by atoms with van der Waals surface area (Å²) in [4.78, 5) is 23.8. The van der Waals surface area contributed by atoms with Gasteiger partial charge in [0.25, 0.3) is 5.91 Å². The van der Waals surface area contributed by atoms with Gasteiger partial charge in [-0.15, -0.1) is 5.54 Å². The molecule has 0 bridgehead atoms. The normalized spacial score (nSPS) is 33.7. The summed E-state index contributed by atoms with van der Waals surface area (Å²) in [5.74, 6) is 3.41. The van der Waals surface area contributed by atoms with Crippen LogP contribution in [0.3, 0.4) is 0 Å². The number of rotatable bonds is 7. The van der Waals surface area contributed by atoms with Crippen LogP contribution in [-0.2, 0) is 22.5 Å². The van der Waals surface area contributed by atoms with Crippen molar-refractivity contribution in [2.45, 2.75) is 147 Å². The number of carbonyl (C=O) groups excluding carboxylic acids is 1. The van der Waals surface area contributed by atoms with Gasteiger partial charge < -0.3 is 27.9 Å². The van der Waals surface area contributed by atoms with Crippen molar-refractivity contribution in [1.82, 2.24) is 15.5 Å². The lowest BCUT2D eigenvalue weighted by molar-refractivity contribution is -0.125. The minimum atomic E-state index is -3.17. The van der Waals surface area contributed by atoms with Crippen molar-refractivity contribution in [2.75, 3.05) is 13.2 Å². The van der Waals surface area contributed by atoms with Gasteiger partial charge in [0.1, 0.15) is 26.4 Å². The molecule has 0 saturated carbocycles. The number of alkyl halides is 1. The maximum atomic E-state index is 18.3. The van der Waals surface area contributed by atoms with Crippen molar-refractivity contribution < 1.29 is 26.9 Å². The summed E-state index contributed by atoms with van der Waals surface area (Å²) >= 11 is 0. The molecule has 0 aromatic carbocycles. The molecule has 4 rings (SSSR count). The van der Waals surface area contributed by atoms with Gasteiger partial charge in [0.05, 0.1) is 12.9 Å². The number of ether oxygens (including phenoxy) is 1. The van der Waals surface area contributed by atoms with Crippen LogP contribution in [0.25, 0.3) is 0 Å². The number of aliphatic imine (C=N–C) groups is 2. The molecule has 6 atom stereocenters. The molecule has 1 amide bonds. The van der Waals surface area contributed by atoms with Crippen molar-refractivity contribution >= 4 is 43.4 Å². The Morgan fingerprint density at radius 3 is 2.20 bits per heavy atom. The second kappa shape index (κ2) is 13.1. The molecular formula is C31H56FN5O5Si3. The predicted molar refractivity (Wildman–Crippen MR) is 184 cm³/mol. The summed E-state index contributed by atoms with van der Waals surface area (Å²) in [5.41, 5.74) is 1.33. The highest BCUT2D eigenvalue weighted by Crippen LogP contribution is 2.50. The van der Waals surface area contributed by atoms with Crippen molar-refractivity contribution in [3.63, 3.8) is 0 Å². The minimum absolute atomic E-state index is 0.0126. The second-order valence-corrected chi connectivity index (χ2v) is 29.2. The van der Waals surface area contributed by atoms with E-state index in [-0.39, 0.29) is 34.7 Å². The van der Waals surface area contributed by atoms with E-state index in [1.807, 2.05) is 0 Å². The van der Waals surface area contributed by atoms with Crippen LogP contribution in [-0.4, -0.2) is 97.8 Å². The zero-order valence-corrected chi connectivity index (χ0v) is 32.5. The monoisotopic (exact) mass is 681 g/mol. The Morgan fingerprint density at radius 1 is 1.07 bits per heavy atom. The third-order valence-electron chi connectivity index (χ3n) is 9.03. The molecule has 0 aromatic rings. The first-order valence-electron chi connectivity index (χ1n) is 16.6. The van der Waals surface area contributed by atoms with Gasteiger partial charge in [-0.3, -0.25) is 20.1 Å². The minimum Gasteiger partial charge on any atom is -0.414 e. The highest BCUT2D eigenvalue weighted by atomic mass is 28.5. The maximum Gasteiger partial charge on any atom is 0.335 e. The van der Waals surface area contributed by atoms with Gasteiger partial charge in [0.2, 0.25) is 5.67 Å². The van der Waals surface area contributed by atoms with E-state index in [9.17, 15) is 4.79 Å². The molecular weight excluding hydrogens is 626 g/mol. The molecule has 4 aliphatic rings. The van der Waals surface area contributed by atoms with E-state index < -0.39 is 61.5 Å². The van der Waals surface area contributed by atoms with E-state index in [4.69, 9.17) is 17.7 Å². The number of hydrogen-bond acceptors (Lipinski definition) is 8. The van der Waals surface area contributed by atoms with Crippen LogP contribution in [0.5, 0.6) is 0 Å². The summed E-state index contributed by atoms with van der Waals surface area (Å²) < 4.78 is 46.4. The molecule has 45 heavy (non-hydrogen) atoms. The number of fused-ring (bicyclic) bond motifs is 2. The van der Waals surface area contributed by atoms with Crippen LogP contribution >= 0.6 is 0 Å². The Hall–Kier alpha value is -1.61. The van der Waals surface area contributed by atoms with Gasteiger partial charge in [-0.05, 0) is 28.1 Å². The summed E-state index contributed by atoms with van der Waals surface area (Å²) in [6.07, 6.45) is -2.20. The molecule has 254 valence electrons. The van der Waals surface area contributed by atoms with E-state index in [1.54, 1.807) is 4.90 Å². The Kier molecular flexibility index (Phi) is 10.6. The van der Waals surface area contributed by atoms with E-state index in [2.05, 4.69) is 121 Å². The van der Waals surface area contributed by atoms with Gasteiger partial charge >= 0.3 is 17.1 Å². The maximum absolute atomic E-state index is 18.3. The summed E-state index contributed by atoms with van der Waals surface area (Å²) in [6, 6.07) is -0.795. The first-order chi connectivity index (χ1) is 20.8. The molecule has 3 fully saturated rings. The highest BCUT2D eigenvalue weighted by Gasteiger charge is 2.68. The molecule has 4 aliphatic heterocycles. The largest absolute Gasteiger partial charge is 0.414 e. The zero-order chi connectivity index (χ0) is 33.7. The van der Waals surface area contributed by atoms with Crippen LogP contribution in [0, 0.1) is 17.4 Å². The fraction of sp³-hybridized carbons (Fsp3) is 0.839. The molecule has 3 saturated heterocycles. The standard InChI is InChI=1S/C31H56FN5O5Si3/c1-19(2)16-33-30-35-27-25(28(38)36-30)34-18-37(27)29-31(32,14-15-43(11,12)13)26-24(40-29)17-39-44(20(3)4,21(5)6)42-45(41-26,22(7)8)23(9)10/h18-27,29H,16-17H2,1-13H3,(H2,33,35,36,38)/t24-,25?,26+,27?,29-,31?/m1/s1. The Bertz CT molecular complexity index is 1210. The highest BCUT2D eigenvalue weighted by molar-refractivity contribution is 6.84. The van der Waals surface area contributed by atoms with Gasteiger partial charge in [-0.25, -0.2) is 4.39 Å². The van der Waals surface area contributed by atoms with Crippen LogP contribution in [0.15, 0.2) is 9.98 Å². The summed E-state index contributed by atoms with van der Waals surface area (Å²) in [7, 11) is -8.08. The smallest absolute Gasteiger partial charge is 0.335 e. The van der Waals surface area contributed by atoms with Gasteiger partial charge in [-0.2, -0.15) is 0 Å². The van der Waals surface area contributed by atoms with E-state index in [0.29, 0.717) is 18.4 Å². The quantitative estimate of drug-likeness (QED) is 0.287. The van der Waals surface area contributed by atoms with Gasteiger partial charge in [0.15, 0.2) is 18.2 Å². The number of guanidine groups is 1. The molecule has 0 aromatic heterocycles. The fourth-order valence-corrected chi connectivity index (χ4v) is 18.4. The molecule has 4 heterocycles. The SMILES string of the molecule is CC(C)CN=C1NC(=O)C2N=CN([C@@H]3O[C@@H]4CO[Si](C(C)C)(C(C)C)O[Si](C(C)C)(C(C)C)O[C@@H]4C3(F)C#C[Si](C)(C)C)C2N1. The van der Waals surface area contributed by atoms with Crippen molar-refractivity contribution in [3.05, 3.63) is 0 Å². The Labute approximate surface area is 273 Å². The van der Waals surface area contributed by atoms with E-state index in [1.165, 1.54) is 6.34 Å². The molecule has 0 radical (unpaired) electrons. The average Bonchev–Trinajstić information content (AvgIpc) is 3.44. The number of nitrogens with one attached hydrogen (secondary N) is 2. The molecule has 0 aliphatic carbocycles. The first-order valence-corrected chi connectivity index (χ1v) is 24.0. The Morgan fingerprint density at radius 2 is 1.67 bits per heavy atom. The lowest BCUT2D eigenvalue weighted by atomic mass is 9.96. The molecule has 3 unspecified atom stereocenters. The van der Waals surface area contributed by atoms with Crippen molar-refractivity contribution in [3.8, 4) is 11.5 Å². The van der Waals surface area contributed by atoms with Crippen LogP contribution in [0.4, 0.5) is 4.39 Å². The van der Waals surface area contributed by atoms with Crippen molar-refractivity contribution in [2.24, 2.45) is 15.9 Å². The number of carbonyl (C=O) groups is 1. The number of hydrogen-bond donors (Lipinski definition) is 2. The van der Waals surface area contributed by atoms with Crippen LogP contribution < -0.4 is 10.6 Å². The predicted octanol–water partition coefficient (Wildman–Crippen LogP) is 5.03. The number of halogens is 1. The molecule has 14 heteroatoms. The topological polar surface area (TPSA) is 106 Å². The molecule has 2 N–H and O–H groups in total. The van der Waals surface area contributed by atoms with Crippen LogP contribution in [0.1, 0.15) is 69.2 Å². The fourth-order valence-electron chi connectivity index (χ4n) is 6.62. The summed E-state index contributed by atoms with van der Waals surface area (Å²) in [5, 5.41) is 6.10. The van der Waals surface area contributed by atoms with E-state index >= 15 is 4.39 Å². The van der Waals surface area contributed by atoms with Crippen molar-refractivity contribution in [1.29, 1.82) is 0 Å². The lowest BCUT2D eigenvalue weighted by Gasteiger charge is -2.51. The zero-order valence-electron chi connectivity index (χ0n) is 29.5. The molecule has 0 spiro atoms.